The molecule has 1 aromatic carbocycles. The zero-order chi connectivity index (χ0) is 9.59. The van der Waals surface area contributed by atoms with Gasteiger partial charge in [0, 0.05) is 5.69 Å². The standard InChI is InChI=1S/C7H8N4O2/c8-3-1-4(9)6-5(2-3)11(12)7(10)13-6/h1-2,10,12H,8-9H2. The van der Waals surface area contributed by atoms with Crippen LogP contribution in [0.5, 0.6) is 0 Å². The number of oxazole rings is 1. The van der Waals surface area contributed by atoms with E-state index in [4.69, 9.17) is 21.3 Å². The highest BCUT2D eigenvalue weighted by Crippen LogP contribution is 2.22. The molecule has 0 saturated carbocycles. The van der Waals surface area contributed by atoms with E-state index in [-0.39, 0.29) is 11.3 Å². The van der Waals surface area contributed by atoms with Crippen LogP contribution in [-0.2, 0) is 0 Å². The lowest BCUT2D eigenvalue weighted by Gasteiger charge is -1.96. The van der Waals surface area contributed by atoms with Gasteiger partial charge in [0.25, 0.3) is 0 Å². The van der Waals surface area contributed by atoms with Gasteiger partial charge < -0.3 is 21.1 Å². The molecular weight excluding hydrogens is 172 g/mol. The molecule has 0 fully saturated rings. The smallest absolute Gasteiger partial charge is 0.328 e. The fourth-order valence-corrected chi connectivity index (χ4v) is 1.18. The highest BCUT2D eigenvalue weighted by molar-refractivity contribution is 5.88. The highest BCUT2D eigenvalue weighted by Gasteiger charge is 2.09. The van der Waals surface area contributed by atoms with E-state index in [9.17, 15) is 5.21 Å². The number of fused-ring (bicyclic) bond motifs is 1. The summed E-state index contributed by atoms with van der Waals surface area (Å²) in [4.78, 5) is 0. The lowest BCUT2D eigenvalue weighted by atomic mass is 10.2. The Morgan fingerprint density at radius 2 is 2.08 bits per heavy atom. The van der Waals surface area contributed by atoms with Crippen molar-refractivity contribution in [2.45, 2.75) is 0 Å². The number of nitrogens with one attached hydrogen (secondary N) is 1. The van der Waals surface area contributed by atoms with E-state index in [1.807, 2.05) is 0 Å². The van der Waals surface area contributed by atoms with Crippen LogP contribution in [-0.4, -0.2) is 9.94 Å². The van der Waals surface area contributed by atoms with Crippen molar-refractivity contribution in [2.75, 3.05) is 11.5 Å². The normalized spacial score (nSPS) is 10.8. The van der Waals surface area contributed by atoms with Crippen molar-refractivity contribution in [3.05, 3.63) is 17.8 Å². The molecule has 0 bridgehead atoms. The maximum atomic E-state index is 9.27. The summed E-state index contributed by atoms with van der Waals surface area (Å²) < 4.78 is 5.47. The fraction of sp³-hybridized carbons (Fsp3) is 0. The molecule has 2 rings (SSSR count). The molecule has 0 aliphatic heterocycles. The second-order valence-electron chi connectivity index (χ2n) is 2.68. The first-order chi connectivity index (χ1) is 6.09. The Morgan fingerprint density at radius 1 is 1.38 bits per heavy atom. The van der Waals surface area contributed by atoms with Crippen LogP contribution in [0.1, 0.15) is 0 Å². The molecule has 68 valence electrons. The SMILES string of the molecule is N=c1oc2c(N)cc(N)cc2n1O. The van der Waals surface area contributed by atoms with Gasteiger partial charge in [-0.05, 0) is 12.1 Å². The molecule has 1 heterocycles. The van der Waals surface area contributed by atoms with Crippen LogP contribution in [0.15, 0.2) is 16.5 Å². The van der Waals surface area contributed by atoms with Crippen LogP contribution in [0, 0.1) is 5.41 Å². The Balaban J connectivity index is 3.03. The van der Waals surface area contributed by atoms with Crippen LogP contribution in [0.4, 0.5) is 11.4 Å². The van der Waals surface area contributed by atoms with E-state index in [1.165, 1.54) is 12.1 Å². The molecule has 0 saturated heterocycles. The van der Waals surface area contributed by atoms with Crippen LogP contribution in [0.25, 0.3) is 11.1 Å². The van der Waals surface area contributed by atoms with Gasteiger partial charge in [0.1, 0.15) is 5.52 Å². The van der Waals surface area contributed by atoms with Gasteiger partial charge in [-0.2, -0.15) is 0 Å². The first kappa shape index (κ1) is 7.53. The van der Waals surface area contributed by atoms with Crippen molar-refractivity contribution in [2.24, 2.45) is 0 Å². The molecule has 0 atom stereocenters. The molecule has 0 amide bonds. The number of hydrogen-bond donors (Lipinski definition) is 4. The van der Waals surface area contributed by atoms with Gasteiger partial charge in [-0.15, -0.1) is 4.73 Å². The first-order valence-corrected chi connectivity index (χ1v) is 3.54. The number of nitrogens with zero attached hydrogens (tertiary/aromatic N) is 1. The molecule has 6 heteroatoms. The van der Waals surface area contributed by atoms with E-state index >= 15 is 0 Å². The Hall–Kier alpha value is -2.11. The monoisotopic (exact) mass is 180 g/mol. The number of anilines is 2. The summed E-state index contributed by atoms with van der Waals surface area (Å²) in [7, 11) is 0. The minimum atomic E-state index is -0.382. The van der Waals surface area contributed by atoms with E-state index in [1.54, 1.807) is 0 Å². The average molecular weight is 180 g/mol. The summed E-state index contributed by atoms with van der Waals surface area (Å²) >= 11 is 0. The van der Waals surface area contributed by atoms with Gasteiger partial charge in [-0.25, -0.2) is 5.41 Å². The fourth-order valence-electron chi connectivity index (χ4n) is 1.18. The van der Waals surface area contributed by atoms with Crippen molar-refractivity contribution >= 4 is 22.5 Å². The van der Waals surface area contributed by atoms with E-state index in [2.05, 4.69) is 0 Å². The second-order valence-corrected chi connectivity index (χ2v) is 2.68. The largest absolute Gasteiger partial charge is 0.424 e. The van der Waals surface area contributed by atoms with Gasteiger partial charge in [0.2, 0.25) is 0 Å². The second kappa shape index (κ2) is 2.19. The zero-order valence-electron chi connectivity index (χ0n) is 6.61. The van der Waals surface area contributed by atoms with Crippen LogP contribution >= 0.6 is 0 Å². The Bertz CT molecular complexity index is 525. The lowest BCUT2D eigenvalue weighted by Crippen LogP contribution is -2.10. The molecule has 0 radical (unpaired) electrons. The Kier molecular flexibility index (Phi) is 1.27. The number of benzene rings is 1. The third kappa shape index (κ3) is 0.919. The molecule has 0 aliphatic carbocycles. The number of nitrogen functional groups attached to an aromatic ring is 2. The molecule has 13 heavy (non-hydrogen) atoms. The predicted octanol–water partition coefficient (Wildman–Crippen LogP) is 0.115. The molecule has 0 spiro atoms. The number of hydrogen-bond acceptors (Lipinski definition) is 5. The van der Waals surface area contributed by atoms with Gasteiger partial charge >= 0.3 is 5.68 Å². The minimum Gasteiger partial charge on any atom is -0.424 e. The molecule has 2 aromatic rings. The molecule has 1 aromatic heterocycles. The van der Waals surface area contributed by atoms with Crippen molar-refractivity contribution < 1.29 is 9.62 Å². The summed E-state index contributed by atoms with van der Waals surface area (Å²) in [6, 6.07) is 2.98. The Labute approximate surface area is 72.5 Å². The van der Waals surface area contributed by atoms with Gasteiger partial charge in [-0.3, -0.25) is 0 Å². The maximum absolute atomic E-state index is 9.27. The summed E-state index contributed by atoms with van der Waals surface area (Å²) in [5.41, 5.74) is 11.9. The predicted molar refractivity (Wildman–Crippen MR) is 46.1 cm³/mol. The average Bonchev–Trinajstić information content (AvgIpc) is 2.32. The van der Waals surface area contributed by atoms with Gasteiger partial charge in [0.15, 0.2) is 5.58 Å². The number of aromatic nitrogens is 1. The van der Waals surface area contributed by atoms with E-state index < -0.39 is 0 Å². The molecule has 6 N–H and O–H groups in total. The Morgan fingerprint density at radius 3 is 2.77 bits per heavy atom. The first-order valence-electron chi connectivity index (χ1n) is 3.54. The summed E-state index contributed by atoms with van der Waals surface area (Å²) in [6.45, 7) is 0. The number of nitrogens with two attached hydrogens (primary N) is 2. The van der Waals surface area contributed by atoms with Crippen molar-refractivity contribution in [3.8, 4) is 0 Å². The van der Waals surface area contributed by atoms with Crippen LogP contribution < -0.4 is 17.2 Å². The molecule has 6 nitrogen and oxygen atoms in total. The summed E-state index contributed by atoms with van der Waals surface area (Å²) in [5.74, 6) is 0. The third-order valence-corrected chi connectivity index (χ3v) is 1.74. The molecule has 0 aliphatic rings. The van der Waals surface area contributed by atoms with Gasteiger partial charge in [0.05, 0.1) is 5.69 Å². The quantitative estimate of drug-likeness (QED) is 0.340. The van der Waals surface area contributed by atoms with Crippen molar-refractivity contribution in [1.29, 1.82) is 5.41 Å². The van der Waals surface area contributed by atoms with Gasteiger partial charge in [-0.1, -0.05) is 0 Å². The number of rotatable bonds is 0. The van der Waals surface area contributed by atoms with E-state index in [0.717, 1.165) is 0 Å². The topological polar surface area (TPSA) is 114 Å². The summed E-state index contributed by atoms with van der Waals surface area (Å²) in [5, 5.41) is 16.4. The van der Waals surface area contributed by atoms with Crippen molar-refractivity contribution in [3.63, 3.8) is 0 Å². The zero-order valence-corrected chi connectivity index (χ0v) is 6.61. The molecular formula is C7H8N4O2. The highest BCUT2D eigenvalue weighted by atomic mass is 16.5. The minimum absolute atomic E-state index is 0.265. The van der Waals surface area contributed by atoms with Crippen LogP contribution in [0.2, 0.25) is 0 Å². The maximum Gasteiger partial charge on any atom is 0.328 e. The summed E-state index contributed by atoms with van der Waals surface area (Å²) in [6.07, 6.45) is 0. The van der Waals surface area contributed by atoms with E-state index in [0.29, 0.717) is 21.6 Å². The third-order valence-electron chi connectivity index (χ3n) is 1.74. The molecule has 0 unspecified atom stereocenters. The lowest BCUT2D eigenvalue weighted by molar-refractivity contribution is 0.165. The van der Waals surface area contributed by atoms with Crippen molar-refractivity contribution in [1.82, 2.24) is 4.73 Å². The van der Waals surface area contributed by atoms with Crippen LogP contribution in [0.3, 0.4) is 0 Å².